The van der Waals surface area contributed by atoms with Crippen molar-refractivity contribution in [2.45, 2.75) is 32.1 Å². The van der Waals surface area contributed by atoms with Crippen molar-refractivity contribution in [3.8, 4) is 5.75 Å². The van der Waals surface area contributed by atoms with E-state index in [9.17, 15) is 14.7 Å². The second-order valence-electron chi connectivity index (χ2n) is 5.67. The first-order valence-corrected chi connectivity index (χ1v) is 7.32. The maximum atomic E-state index is 11.9. The quantitative estimate of drug-likeness (QED) is 0.774. The number of carbonyl (C=O) groups excluding carboxylic acids is 1. The summed E-state index contributed by atoms with van der Waals surface area (Å²) in [5.41, 5.74) is 0.615. The molecule has 1 fully saturated rings. The molecule has 0 atom stereocenters. The molecule has 3 N–H and O–H groups in total. The Morgan fingerprint density at radius 2 is 1.81 bits per heavy atom. The maximum Gasteiger partial charge on any atom is 0.306 e. The molecule has 0 unspecified atom stereocenters. The van der Waals surface area contributed by atoms with Crippen molar-refractivity contribution in [3.63, 3.8) is 0 Å². The van der Waals surface area contributed by atoms with Gasteiger partial charge in [0.25, 0.3) is 0 Å². The summed E-state index contributed by atoms with van der Waals surface area (Å²) < 4.78 is 0. The largest absolute Gasteiger partial charge is 0.508 e. The average Bonchev–Trinajstić information content (AvgIpc) is 2.48. The number of phenolic OH excluding ortho intramolecular Hbond substituents is 1. The SMILES string of the molecule is O=C(Cc1ccccc1O)NCC1CCC(C(=O)O)CC1. The highest BCUT2D eigenvalue weighted by molar-refractivity contribution is 5.79. The first kappa shape index (κ1) is 15.4. The number of carbonyl (C=O) groups is 2. The van der Waals surface area contributed by atoms with Crippen molar-refractivity contribution in [3.05, 3.63) is 29.8 Å². The zero-order valence-electron chi connectivity index (χ0n) is 11.9. The maximum absolute atomic E-state index is 11.9. The van der Waals surface area contributed by atoms with E-state index in [4.69, 9.17) is 5.11 Å². The Bertz CT molecular complexity index is 507. The molecule has 0 aromatic heterocycles. The van der Waals surface area contributed by atoms with Crippen LogP contribution in [0.1, 0.15) is 31.2 Å². The zero-order valence-corrected chi connectivity index (χ0v) is 11.9. The third-order valence-electron chi connectivity index (χ3n) is 4.13. The van der Waals surface area contributed by atoms with Gasteiger partial charge in [0.2, 0.25) is 5.91 Å². The number of hydrogen-bond acceptors (Lipinski definition) is 3. The molecule has 1 aromatic carbocycles. The zero-order chi connectivity index (χ0) is 15.2. The van der Waals surface area contributed by atoms with E-state index in [2.05, 4.69) is 5.32 Å². The van der Waals surface area contributed by atoms with Crippen LogP contribution in [0.25, 0.3) is 0 Å². The van der Waals surface area contributed by atoms with E-state index in [1.54, 1.807) is 24.3 Å². The van der Waals surface area contributed by atoms with Crippen LogP contribution in [0.2, 0.25) is 0 Å². The molecule has 21 heavy (non-hydrogen) atoms. The van der Waals surface area contributed by atoms with Crippen LogP contribution in [-0.2, 0) is 16.0 Å². The lowest BCUT2D eigenvalue weighted by molar-refractivity contribution is -0.143. The predicted molar refractivity (Wildman–Crippen MR) is 77.9 cm³/mol. The fourth-order valence-electron chi connectivity index (χ4n) is 2.77. The number of rotatable bonds is 5. The van der Waals surface area contributed by atoms with Gasteiger partial charge < -0.3 is 15.5 Å². The summed E-state index contributed by atoms with van der Waals surface area (Å²) in [6, 6.07) is 6.80. The van der Waals surface area contributed by atoms with Gasteiger partial charge in [0, 0.05) is 12.1 Å². The standard InChI is InChI=1S/C16H21NO4/c18-14-4-2-1-3-13(14)9-15(19)17-10-11-5-7-12(8-6-11)16(20)21/h1-4,11-12,18H,5-10H2,(H,17,19)(H,20,21). The first-order valence-electron chi connectivity index (χ1n) is 7.32. The van der Waals surface area contributed by atoms with Crippen LogP contribution >= 0.6 is 0 Å². The molecule has 0 spiro atoms. The van der Waals surface area contributed by atoms with E-state index in [0.717, 1.165) is 12.8 Å². The molecule has 1 aliphatic carbocycles. The van der Waals surface area contributed by atoms with Crippen LogP contribution in [0.15, 0.2) is 24.3 Å². The number of aliphatic carboxylic acids is 1. The van der Waals surface area contributed by atoms with Crippen LogP contribution < -0.4 is 5.32 Å². The van der Waals surface area contributed by atoms with Crippen molar-refractivity contribution >= 4 is 11.9 Å². The lowest BCUT2D eigenvalue weighted by Gasteiger charge is -2.26. The Balaban J connectivity index is 1.73. The Morgan fingerprint density at radius 3 is 2.43 bits per heavy atom. The van der Waals surface area contributed by atoms with E-state index in [1.165, 1.54) is 0 Å². The molecule has 114 valence electrons. The third kappa shape index (κ3) is 4.48. The number of carboxylic acids is 1. The molecular weight excluding hydrogens is 270 g/mol. The van der Waals surface area contributed by atoms with Crippen LogP contribution in [0.4, 0.5) is 0 Å². The van der Waals surface area contributed by atoms with Gasteiger partial charge in [-0.05, 0) is 37.7 Å². The van der Waals surface area contributed by atoms with Gasteiger partial charge in [-0.15, -0.1) is 0 Å². The number of carboxylic acid groups (broad SMARTS) is 1. The number of benzene rings is 1. The van der Waals surface area contributed by atoms with E-state index in [1.807, 2.05) is 0 Å². The summed E-state index contributed by atoms with van der Waals surface area (Å²) in [4.78, 5) is 22.7. The monoisotopic (exact) mass is 291 g/mol. The van der Waals surface area contributed by atoms with Gasteiger partial charge in [-0.1, -0.05) is 18.2 Å². The molecule has 1 amide bonds. The summed E-state index contributed by atoms with van der Waals surface area (Å²) in [6.07, 6.45) is 3.23. The van der Waals surface area contributed by atoms with E-state index >= 15 is 0 Å². The summed E-state index contributed by atoms with van der Waals surface area (Å²) in [5, 5.41) is 21.4. The summed E-state index contributed by atoms with van der Waals surface area (Å²) in [7, 11) is 0. The molecule has 1 saturated carbocycles. The molecule has 0 heterocycles. The van der Waals surface area contributed by atoms with Crippen LogP contribution in [-0.4, -0.2) is 28.6 Å². The number of phenols is 1. The lowest BCUT2D eigenvalue weighted by atomic mass is 9.82. The number of hydrogen-bond donors (Lipinski definition) is 3. The second kappa shape index (κ2) is 7.11. The highest BCUT2D eigenvalue weighted by atomic mass is 16.4. The molecule has 5 nitrogen and oxygen atoms in total. The highest BCUT2D eigenvalue weighted by Gasteiger charge is 2.25. The minimum absolute atomic E-state index is 0.114. The minimum Gasteiger partial charge on any atom is -0.508 e. The van der Waals surface area contributed by atoms with Crippen molar-refractivity contribution in [1.82, 2.24) is 5.32 Å². The summed E-state index contributed by atoms with van der Waals surface area (Å²) in [5.74, 6) is -0.560. The molecule has 2 rings (SSSR count). The van der Waals surface area contributed by atoms with Gasteiger partial charge in [0.15, 0.2) is 0 Å². The first-order chi connectivity index (χ1) is 10.1. The van der Waals surface area contributed by atoms with Gasteiger partial charge in [0.1, 0.15) is 5.75 Å². The van der Waals surface area contributed by atoms with Gasteiger partial charge in [-0.2, -0.15) is 0 Å². The summed E-state index contributed by atoms with van der Waals surface area (Å²) >= 11 is 0. The molecule has 0 radical (unpaired) electrons. The lowest BCUT2D eigenvalue weighted by Crippen LogP contribution is -2.33. The number of para-hydroxylation sites is 1. The Hall–Kier alpha value is -2.04. The third-order valence-corrected chi connectivity index (χ3v) is 4.13. The number of amides is 1. The number of nitrogens with one attached hydrogen (secondary N) is 1. The Morgan fingerprint density at radius 1 is 1.14 bits per heavy atom. The van der Waals surface area contributed by atoms with Crippen molar-refractivity contribution in [2.24, 2.45) is 11.8 Å². The highest BCUT2D eigenvalue weighted by Crippen LogP contribution is 2.28. The van der Waals surface area contributed by atoms with Crippen molar-refractivity contribution in [2.75, 3.05) is 6.54 Å². The van der Waals surface area contributed by atoms with Gasteiger partial charge in [-0.25, -0.2) is 0 Å². The molecule has 0 saturated heterocycles. The molecule has 5 heteroatoms. The molecular formula is C16H21NO4. The topological polar surface area (TPSA) is 86.6 Å². The fraction of sp³-hybridized carbons (Fsp3) is 0.500. The molecule has 1 aromatic rings. The Kier molecular flexibility index (Phi) is 5.20. The van der Waals surface area contributed by atoms with Gasteiger partial charge in [0.05, 0.1) is 12.3 Å². The van der Waals surface area contributed by atoms with Crippen LogP contribution in [0.5, 0.6) is 5.75 Å². The fourth-order valence-corrected chi connectivity index (χ4v) is 2.77. The second-order valence-corrected chi connectivity index (χ2v) is 5.67. The Labute approximate surface area is 124 Å². The van der Waals surface area contributed by atoms with E-state index in [0.29, 0.717) is 30.9 Å². The van der Waals surface area contributed by atoms with E-state index < -0.39 is 5.97 Å². The summed E-state index contributed by atoms with van der Waals surface area (Å²) in [6.45, 7) is 0.582. The van der Waals surface area contributed by atoms with Crippen LogP contribution in [0.3, 0.4) is 0 Å². The van der Waals surface area contributed by atoms with E-state index in [-0.39, 0.29) is 24.0 Å². The van der Waals surface area contributed by atoms with Gasteiger partial charge in [-0.3, -0.25) is 9.59 Å². The molecule has 0 aliphatic heterocycles. The molecule has 1 aliphatic rings. The minimum atomic E-state index is -0.711. The predicted octanol–water partition coefficient (Wildman–Crippen LogP) is 1.94. The number of aromatic hydroxyl groups is 1. The van der Waals surface area contributed by atoms with Crippen molar-refractivity contribution < 1.29 is 19.8 Å². The van der Waals surface area contributed by atoms with Gasteiger partial charge >= 0.3 is 5.97 Å². The molecule has 0 bridgehead atoms. The smallest absolute Gasteiger partial charge is 0.306 e. The van der Waals surface area contributed by atoms with Crippen LogP contribution in [0, 0.1) is 11.8 Å². The van der Waals surface area contributed by atoms with Crippen molar-refractivity contribution in [1.29, 1.82) is 0 Å². The average molecular weight is 291 g/mol. The normalized spacial score (nSPS) is 21.7.